The molecule has 0 aliphatic heterocycles. The van der Waals surface area contributed by atoms with Gasteiger partial charge in [-0.05, 0) is 85.3 Å². The number of nitriles is 1. The smallest absolute Gasteiger partial charge is 0.141 e. The number of fused-ring (bicyclic) bond motifs is 1. The lowest BCUT2D eigenvalue weighted by Gasteiger charge is -2.25. The van der Waals surface area contributed by atoms with Gasteiger partial charge in [0, 0.05) is 0 Å². The van der Waals surface area contributed by atoms with Gasteiger partial charge in [-0.2, -0.15) is 5.26 Å². The molecule has 0 radical (unpaired) electrons. The summed E-state index contributed by atoms with van der Waals surface area (Å²) in [6, 6.07) is 14.4. The van der Waals surface area contributed by atoms with Crippen molar-refractivity contribution in [1.29, 1.82) is 5.26 Å². The van der Waals surface area contributed by atoms with Gasteiger partial charge in [0.1, 0.15) is 11.9 Å². The Hall–Kier alpha value is -2.14. The van der Waals surface area contributed by atoms with Gasteiger partial charge in [-0.3, -0.25) is 0 Å². The number of unbranched alkanes of at least 4 members (excludes halogenated alkanes) is 2. The van der Waals surface area contributed by atoms with E-state index in [0.29, 0.717) is 5.92 Å². The normalized spacial score (nSPS) is 16.1. The van der Waals surface area contributed by atoms with E-state index in [9.17, 15) is 4.39 Å². The monoisotopic (exact) mass is 349 g/mol. The summed E-state index contributed by atoms with van der Waals surface area (Å²) in [5.74, 6) is 0.240. The lowest BCUT2D eigenvalue weighted by molar-refractivity contribution is 0.425. The number of rotatable bonds is 7. The Morgan fingerprint density at radius 2 is 1.77 bits per heavy atom. The van der Waals surface area contributed by atoms with E-state index in [0.717, 1.165) is 43.2 Å². The van der Waals surface area contributed by atoms with Gasteiger partial charge in [0.15, 0.2) is 0 Å². The fourth-order valence-corrected chi connectivity index (χ4v) is 4.01. The Labute approximate surface area is 156 Å². The zero-order chi connectivity index (χ0) is 18.4. The van der Waals surface area contributed by atoms with Crippen LogP contribution in [0.3, 0.4) is 0 Å². The molecule has 26 heavy (non-hydrogen) atoms. The van der Waals surface area contributed by atoms with Crippen molar-refractivity contribution in [3.63, 3.8) is 0 Å². The van der Waals surface area contributed by atoms with Crippen molar-refractivity contribution in [2.24, 2.45) is 5.92 Å². The Balaban J connectivity index is 1.53. The second-order valence-corrected chi connectivity index (χ2v) is 7.63. The molecule has 2 aromatic rings. The summed E-state index contributed by atoms with van der Waals surface area (Å²) in [4.78, 5) is 0. The minimum absolute atomic E-state index is 0.182. The summed E-state index contributed by atoms with van der Waals surface area (Å²) < 4.78 is 13.9. The molecule has 1 aliphatic rings. The molecule has 1 nitrogen and oxygen atoms in total. The van der Waals surface area contributed by atoms with Crippen LogP contribution in [-0.2, 0) is 25.7 Å². The maximum atomic E-state index is 13.9. The van der Waals surface area contributed by atoms with Crippen LogP contribution in [0.2, 0.25) is 0 Å². The molecule has 0 fully saturated rings. The molecule has 2 heteroatoms. The highest BCUT2D eigenvalue weighted by Gasteiger charge is 2.20. The predicted molar refractivity (Wildman–Crippen MR) is 105 cm³/mol. The molecule has 0 heterocycles. The molecule has 3 rings (SSSR count). The summed E-state index contributed by atoms with van der Waals surface area (Å²) in [5, 5.41) is 8.97. The minimum Gasteiger partial charge on any atom is -0.206 e. The number of aryl methyl sites for hydroxylation is 3. The third-order valence-corrected chi connectivity index (χ3v) is 5.67. The number of hydrogen-bond acceptors (Lipinski definition) is 1. The summed E-state index contributed by atoms with van der Waals surface area (Å²) >= 11 is 0. The summed E-state index contributed by atoms with van der Waals surface area (Å²) in [6.45, 7) is 2.24. The van der Waals surface area contributed by atoms with Gasteiger partial charge in [-0.1, -0.05) is 44.0 Å². The van der Waals surface area contributed by atoms with Gasteiger partial charge in [-0.25, -0.2) is 4.39 Å². The molecule has 2 aromatic carbocycles. The Morgan fingerprint density at radius 3 is 2.46 bits per heavy atom. The Kier molecular flexibility index (Phi) is 6.45. The molecule has 1 unspecified atom stereocenters. The van der Waals surface area contributed by atoms with Gasteiger partial charge in [0.2, 0.25) is 0 Å². The quantitative estimate of drug-likeness (QED) is 0.549. The zero-order valence-electron chi connectivity index (χ0n) is 15.7. The molecular formula is C24H28FN. The number of halogens is 1. The van der Waals surface area contributed by atoms with E-state index in [-0.39, 0.29) is 11.4 Å². The summed E-state index contributed by atoms with van der Waals surface area (Å²) in [7, 11) is 0. The second-order valence-electron chi connectivity index (χ2n) is 7.63. The van der Waals surface area contributed by atoms with Crippen LogP contribution in [0.25, 0.3) is 0 Å². The van der Waals surface area contributed by atoms with Gasteiger partial charge < -0.3 is 0 Å². The topological polar surface area (TPSA) is 23.8 Å². The zero-order valence-corrected chi connectivity index (χ0v) is 15.7. The molecule has 0 saturated carbocycles. The van der Waals surface area contributed by atoms with Crippen LogP contribution in [0.4, 0.5) is 4.39 Å². The number of hydrogen-bond donors (Lipinski definition) is 0. The Morgan fingerprint density at radius 1 is 1.04 bits per heavy atom. The molecule has 136 valence electrons. The summed E-state index contributed by atoms with van der Waals surface area (Å²) in [6.07, 6.45) is 10.3. The van der Waals surface area contributed by atoms with Crippen molar-refractivity contribution in [3.05, 3.63) is 70.0 Å². The molecule has 0 N–H and O–H groups in total. The van der Waals surface area contributed by atoms with Crippen LogP contribution >= 0.6 is 0 Å². The van der Waals surface area contributed by atoms with Gasteiger partial charge in [0.25, 0.3) is 0 Å². The van der Waals surface area contributed by atoms with E-state index in [1.54, 1.807) is 12.1 Å². The van der Waals surface area contributed by atoms with E-state index >= 15 is 0 Å². The number of benzene rings is 2. The molecule has 0 amide bonds. The predicted octanol–water partition coefficient (Wildman–Crippen LogP) is 6.17. The molecule has 0 aromatic heterocycles. The van der Waals surface area contributed by atoms with E-state index in [4.69, 9.17) is 5.26 Å². The van der Waals surface area contributed by atoms with Gasteiger partial charge in [-0.15, -0.1) is 0 Å². The summed E-state index contributed by atoms with van der Waals surface area (Å²) in [5.41, 5.74) is 5.29. The highest BCUT2D eigenvalue weighted by atomic mass is 19.1. The maximum Gasteiger partial charge on any atom is 0.141 e. The number of nitrogens with zero attached hydrogens (tertiary/aromatic N) is 1. The van der Waals surface area contributed by atoms with Crippen molar-refractivity contribution in [2.45, 2.75) is 64.7 Å². The lowest BCUT2D eigenvalue weighted by Crippen LogP contribution is -2.15. The first-order valence-electron chi connectivity index (χ1n) is 9.98. The van der Waals surface area contributed by atoms with Crippen LogP contribution in [0, 0.1) is 23.1 Å². The van der Waals surface area contributed by atoms with Crippen LogP contribution < -0.4 is 0 Å². The average Bonchev–Trinajstić information content (AvgIpc) is 2.67. The maximum absolute atomic E-state index is 13.9. The third-order valence-electron chi connectivity index (χ3n) is 5.67. The van der Waals surface area contributed by atoms with E-state index in [1.165, 1.54) is 36.8 Å². The first-order chi connectivity index (χ1) is 12.7. The van der Waals surface area contributed by atoms with E-state index in [1.807, 2.05) is 6.07 Å². The minimum atomic E-state index is -0.370. The SMILES string of the molecule is CCCCCc1ccc(CCC2CCc3cc(C#N)c(F)cc3C2)cc1. The molecule has 0 saturated heterocycles. The van der Waals surface area contributed by atoms with Crippen LogP contribution in [0.5, 0.6) is 0 Å². The highest BCUT2D eigenvalue weighted by Crippen LogP contribution is 2.30. The highest BCUT2D eigenvalue weighted by molar-refractivity contribution is 5.41. The van der Waals surface area contributed by atoms with Gasteiger partial charge >= 0.3 is 0 Å². The molecule has 0 bridgehead atoms. The van der Waals surface area contributed by atoms with Crippen molar-refractivity contribution in [1.82, 2.24) is 0 Å². The molecule has 1 atom stereocenters. The van der Waals surface area contributed by atoms with Crippen molar-refractivity contribution in [2.75, 3.05) is 0 Å². The average molecular weight is 349 g/mol. The standard InChI is InChI=1S/C24H28FN/c1-2-3-4-5-18-6-8-19(9-7-18)10-11-20-12-13-21-15-23(17-26)24(25)16-22(21)14-20/h6-9,15-16,20H,2-5,10-14H2,1H3. The van der Waals surface area contributed by atoms with E-state index in [2.05, 4.69) is 31.2 Å². The fraction of sp³-hybridized carbons (Fsp3) is 0.458. The van der Waals surface area contributed by atoms with Crippen molar-refractivity contribution in [3.8, 4) is 6.07 Å². The fourth-order valence-electron chi connectivity index (χ4n) is 4.01. The van der Waals surface area contributed by atoms with Crippen molar-refractivity contribution >= 4 is 0 Å². The molecular weight excluding hydrogens is 321 g/mol. The second kappa shape index (κ2) is 8.99. The van der Waals surface area contributed by atoms with Gasteiger partial charge in [0.05, 0.1) is 5.56 Å². The Bertz CT molecular complexity index is 770. The third kappa shape index (κ3) is 4.73. The van der Waals surface area contributed by atoms with Crippen molar-refractivity contribution < 1.29 is 4.39 Å². The largest absolute Gasteiger partial charge is 0.206 e. The molecule has 1 aliphatic carbocycles. The van der Waals surface area contributed by atoms with Crippen LogP contribution in [-0.4, -0.2) is 0 Å². The van der Waals surface area contributed by atoms with E-state index < -0.39 is 0 Å². The lowest BCUT2D eigenvalue weighted by atomic mass is 9.80. The van der Waals surface area contributed by atoms with Crippen LogP contribution in [0.15, 0.2) is 36.4 Å². The first kappa shape index (κ1) is 18.6. The first-order valence-corrected chi connectivity index (χ1v) is 9.98. The van der Waals surface area contributed by atoms with Crippen LogP contribution in [0.1, 0.15) is 66.8 Å². The molecule has 0 spiro atoms.